The number of hydrogen-bond donors (Lipinski definition) is 2. The number of phenols is 1. The van der Waals surface area contributed by atoms with Gasteiger partial charge in [-0.1, -0.05) is 45.4 Å². The van der Waals surface area contributed by atoms with E-state index in [9.17, 15) is 9.90 Å². The molecule has 0 atom stereocenters. The summed E-state index contributed by atoms with van der Waals surface area (Å²) < 4.78 is 5.17. The normalized spacial score (nSPS) is 10.9. The third-order valence-electron chi connectivity index (χ3n) is 3.71. The lowest BCUT2D eigenvalue weighted by atomic mass is 10.1. The highest BCUT2D eigenvalue weighted by Crippen LogP contribution is 2.24. The fourth-order valence-corrected chi connectivity index (χ4v) is 2.36. The first-order valence-electron chi connectivity index (χ1n) is 8.50. The van der Waals surface area contributed by atoms with Crippen LogP contribution in [0.4, 0.5) is 0 Å². The van der Waals surface area contributed by atoms with Crippen molar-refractivity contribution in [2.45, 2.75) is 51.9 Å². The van der Waals surface area contributed by atoms with Gasteiger partial charge in [-0.25, -0.2) is 0 Å². The van der Waals surface area contributed by atoms with E-state index in [1.165, 1.54) is 57.8 Å². The fourth-order valence-electron chi connectivity index (χ4n) is 2.36. The standard InChI is InChI=1S/C19H29NO3/c1-3-4-5-6-7-8-9-14-20-19(22)13-11-16-10-12-17(21)15-18(16)23-2/h10-13,15,21H,3-9,14H2,1-2H3,(H,20,22)/b13-11+. The topological polar surface area (TPSA) is 58.6 Å². The Balaban J connectivity index is 2.23. The molecule has 1 rings (SSSR count). The van der Waals surface area contributed by atoms with Gasteiger partial charge in [-0.2, -0.15) is 0 Å². The molecule has 4 heteroatoms. The zero-order valence-corrected chi connectivity index (χ0v) is 14.3. The number of carbonyl (C=O) groups is 1. The van der Waals surface area contributed by atoms with Crippen molar-refractivity contribution in [3.8, 4) is 11.5 Å². The van der Waals surface area contributed by atoms with Crippen LogP contribution >= 0.6 is 0 Å². The molecule has 0 aromatic heterocycles. The van der Waals surface area contributed by atoms with Gasteiger partial charge in [0, 0.05) is 24.3 Å². The number of hydrogen-bond acceptors (Lipinski definition) is 3. The van der Waals surface area contributed by atoms with Gasteiger partial charge in [-0.3, -0.25) is 4.79 Å². The van der Waals surface area contributed by atoms with E-state index in [1.54, 1.807) is 18.2 Å². The SMILES string of the molecule is CCCCCCCCCNC(=O)/C=C/c1ccc(O)cc1OC. The minimum absolute atomic E-state index is 0.105. The molecule has 0 bridgehead atoms. The predicted molar refractivity (Wildman–Crippen MR) is 94.7 cm³/mol. The molecule has 0 aliphatic carbocycles. The van der Waals surface area contributed by atoms with Gasteiger partial charge >= 0.3 is 0 Å². The molecule has 4 nitrogen and oxygen atoms in total. The number of nitrogens with one attached hydrogen (secondary N) is 1. The monoisotopic (exact) mass is 319 g/mol. The molecule has 0 saturated carbocycles. The molecule has 0 heterocycles. The van der Waals surface area contributed by atoms with Crippen LogP contribution in [-0.4, -0.2) is 24.7 Å². The first kappa shape index (κ1) is 19.1. The number of methoxy groups -OCH3 is 1. The number of unbranched alkanes of at least 4 members (excludes halogenated alkanes) is 6. The number of carbonyl (C=O) groups excluding carboxylic acids is 1. The Bertz CT molecular complexity index is 497. The summed E-state index contributed by atoms with van der Waals surface area (Å²) in [6.07, 6.45) is 11.8. The summed E-state index contributed by atoms with van der Waals surface area (Å²) in [5.41, 5.74) is 0.761. The van der Waals surface area contributed by atoms with E-state index in [0.29, 0.717) is 12.3 Å². The zero-order chi connectivity index (χ0) is 16.9. The molecule has 0 radical (unpaired) electrons. The van der Waals surface area contributed by atoms with Crippen molar-refractivity contribution in [2.75, 3.05) is 13.7 Å². The number of amides is 1. The average molecular weight is 319 g/mol. The third kappa shape index (κ3) is 8.29. The summed E-state index contributed by atoms with van der Waals surface area (Å²) in [4.78, 5) is 11.8. The molecule has 1 aromatic rings. The highest BCUT2D eigenvalue weighted by molar-refractivity contribution is 5.92. The summed E-state index contributed by atoms with van der Waals surface area (Å²) in [5, 5.41) is 12.3. The lowest BCUT2D eigenvalue weighted by molar-refractivity contribution is -0.116. The van der Waals surface area contributed by atoms with Crippen molar-refractivity contribution in [3.05, 3.63) is 29.8 Å². The van der Waals surface area contributed by atoms with Crippen molar-refractivity contribution in [1.82, 2.24) is 5.32 Å². The van der Waals surface area contributed by atoms with E-state index in [1.807, 2.05) is 0 Å². The largest absolute Gasteiger partial charge is 0.508 e. The van der Waals surface area contributed by atoms with E-state index >= 15 is 0 Å². The van der Waals surface area contributed by atoms with Gasteiger partial charge < -0.3 is 15.2 Å². The lowest BCUT2D eigenvalue weighted by Crippen LogP contribution is -2.21. The molecule has 0 unspecified atom stereocenters. The Hall–Kier alpha value is -1.97. The van der Waals surface area contributed by atoms with Crippen molar-refractivity contribution in [3.63, 3.8) is 0 Å². The van der Waals surface area contributed by atoms with Crippen molar-refractivity contribution in [2.24, 2.45) is 0 Å². The quantitative estimate of drug-likeness (QED) is 0.473. The van der Waals surface area contributed by atoms with E-state index in [-0.39, 0.29) is 11.7 Å². The highest BCUT2D eigenvalue weighted by atomic mass is 16.5. The Morgan fingerprint density at radius 1 is 1.17 bits per heavy atom. The van der Waals surface area contributed by atoms with Crippen LogP contribution in [0.3, 0.4) is 0 Å². The molecule has 2 N–H and O–H groups in total. The van der Waals surface area contributed by atoms with Crippen LogP contribution < -0.4 is 10.1 Å². The first-order chi connectivity index (χ1) is 11.2. The summed E-state index contributed by atoms with van der Waals surface area (Å²) in [6.45, 7) is 2.93. The Morgan fingerprint density at radius 3 is 2.57 bits per heavy atom. The molecule has 0 fully saturated rings. The van der Waals surface area contributed by atoms with Gasteiger partial charge in [0.05, 0.1) is 7.11 Å². The molecule has 0 aliphatic heterocycles. The van der Waals surface area contributed by atoms with Crippen LogP contribution in [0.1, 0.15) is 57.4 Å². The average Bonchev–Trinajstić information content (AvgIpc) is 2.56. The second-order valence-electron chi connectivity index (χ2n) is 5.67. The van der Waals surface area contributed by atoms with Crippen molar-refractivity contribution < 1.29 is 14.6 Å². The number of rotatable bonds is 11. The van der Waals surface area contributed by atoms with Crippen LogP contribution in [0.25, 0.3) is 6.08 Å². The van der Waals surface area contributed by atoms with Crippen LogP contribution in [0, 0.1) is 0 Å². The van der Waals surface area contributed by atoms with Gasteiger partial charge in [-0.05, 0) is 24.6 Å². The summed E-state index contributed by atoms with van der Waals surface area (Å²) in [5.74, 6) is 0.578. The van der Waals surface area contributed by atoms with Gasteiger partial charge in [0.15, 0.2) is 0 Å². The fraction of sp³-hybridized carbons (Fsp3) is 0.526. The van der Waals surface area contributed by atoms with Crippen LogP contribution in [0.5, 0.6) is 11.5 Å². The molecule has 0 aliphatic rings. The van der Waals surface area contributed by atoms with Crippen molar-refractivity contribution >= 4 is 12.0 Å². The van der Waals surface area contributed by atoms with Gasteiger partial charge in [-0.15, -0.1) is 0 Å². The highest BCUT2D eigenvalue weighted by Gasteiger charge is 2.02. The van der Waals surface area contributed by atoms with Crippen molar-refractivity contribution in [1.29, 1.82) is 0 Å². The Labute approximate surface area is 139 Å². The van der Waals surface area contributed by atoms with Gasteiger partial charge in [0.1, 0.15) is 11.5 Å². The predicted octanol–water partition coefficient (Wildman–Crippen LogP) is 4.28. The smallest absolute Gasteiger partial charge is 0.244 e. The number of ether oxygens (including phenoxy) is 1. The summed E-state index contributed by atoms with van der Waals surface area (Å²) in [6, 6.07) is 4.81. The first-order valence-corrected chi connectivity index (χ1v) is 8.50. The van der Waals surface area contributed by atoms with Crippen LogP contribution in [0.15, 0.2) is 24.3 Å². The van der Waals surface area contributed by atoms with E-state index in [4.69, 9.17) is 4.74 Å². The second kappa shape index (κ2) is 11.6. The molecule has 0 spiro atoms. The Kier molecular flexibility index (Phi) is 9.60. The number of aromatic hydroxyl groups is 1. The molecule has 0 saturated heterocycles. The second-order valence-corrected chi connectivity index (χ2v) is 5.67. The Morgan fingerprint density at radius 2 is 1.87 bits per heavy atom. The maximum Gasteiger partial charge on any atom is 0.244 e. The van der Waals surface area contributed by atoms with E-state index in [0.717, 1.165) is 12.0 Å². The maximum absolute atomic E-state index is 11.8. The third-order valence-corrected chi connectivity index (χ3v) is 3.71. The minimum Gasteiger partial charge on any atom is -0.508 e. The molecular weight excluding hydrogens is 290 g/mol. The van der Waals surface area contributed by atoms with E-state index < -0.39 is 0 Å². The number of benzene rings is 1. The maximum atomic E-state index is 11.8. The van der Waals surface area contributed by atoms with E-state index in [2.05, 4.69) is 12.2 Å². The summed E-state index contributed by atoms with van der Waals surface area (Å²) >= 11 is 0. The molecular formula is C19H29NO3. The van der Waals surface area contributed by atoms with Gasteiger partial charge in [0.2, 0.25) is 5.91 Å². The molecule has 1 aromatic carbocycles. The van der Waals surface area contributed by atoms with Crippen LogP contribution in [0.2, 0.25) is 0 Å². The van der Waals surface area contributed by atoms with Crippen LogP contribution in [-0.2, 0) is 4.79 Å². The molecule has 1 amide bonds. The molecule has 23 heavy (non-hydrogen) atoms. The minimum atomic E-state index is -0.105. The summed E-state index contributed by atoms with van der Waals surface area (Å²) in [7, 11) is 1.53. The lowest BCUT2D eigenvalue weighted by Gasteiger charge is -2.05. The molecule has 128 valence electrons. The van der Waals surface area contributed by atoms with Gasteiger partial charge in [0.25, 0.3) is 0 Å². The number of phenolic OH excluding ortho intramolecular Hbond substituents is 1. The zero-order valence-electron chi connectivity index (χ0n) is 14.3.